The van der Waals surface area contributed by atoms with E-state index in [2.05, 4.69) is 9.97 Å². The second-order valence-electron chi connectivity index (χ2n) is 6.14. The molecule has 2 aromatic rings. The van der Waals surface area contributed by atoms with Crippen LogP contribution in [0.2, 0.25) is 0 Å². The Bertz CT molecular complexity index is 762. The van der Waals surface area contributed by atoms with Crippen LogP contribution in [0, 0.1) is 5.92 Å². The highest BCUT2D eigenvalue weighted by Gasteiger charge is 2.58. The van der Waals surface area contributed by atoms with E-state index in [-0.39, 0.29) is 19.0 Å². The van der Waals surface area contributed by atoms with Gasteiger partial charge in [0.1, 0.15) is 5.65 Å². The van der Waals surface area contributed by atoms with Gasteiger partial charge in [-0.25, -0.2) is 4.98 Å². The highest BCUT2D eigenvalue weighted by Crippen LogP contribution is 2.37. The van der Waals surface area contributed by atoms with Crippen LogP contribution in [0.3, 0.4) is 0 Å². The lowest BCUT2D eigenvalue weighted by molar-refractivity contribution is -0.286. The van der Waals surface area contributed by atoms with Gasteiger partial charge in [-0.3, -0.25) is 4.90 Å². The molecular weight excluding hydrogens is 329 g/mol. The largest absolute Gasteiger partial charge is 0.454 e. The van der Waals surface area contributed by atoms with Gasteiger partial charge in [0.25, 0.3) is 0 Å². The predicted molar refractivity (Wildman–Crippen MR) is 80.7 cm³/mol. The first-order valence-electron chi connectivity index (χ1n) is 7.47. The smallest absolute Gasteiger partial charge is 0.346 e. The van der Waals surface area contributed by atoms with Crippen molar-refractivity contribution >= 4 is 16.6 Å². The van der Waals surface area contributed by atoms with Crippen LogP contribution in [0.1, 0.15) is 12.5 Å². The number of aromatic nitrogens is 2. The first kappa shape index (κ1) is 16.9. The SMILES string of the molecule is C[C@@H]1C=C(c2c[nH]c3ncccc23)CN(CC(F)(F)C(F)(F)F)C1. The number of halogens is 5. The molecule has 1 atom stereocenters. The lowest BCUT2D eigenvalue weighted by atomic mass is 9.95. The Morgan fingerprint density at radius 1 is 1.29 bits per heavy atom. The third kappa shape index (κ3) is 3.15. The number of fused-ring (bicyclic) bond motifs is 1. The van der Waals surface area contributed by atoms with Crippen LogP contribution in [0.5, 0.6) is 0 Å². The number of H-pyrrole nitrogens is 1. The first-order chi connectivity index (χ1) is 11.2. The lowest BCUT2D eigenvalue weighted by Gasteiger charge is -2.33. The molecule has 0 saturated heterocycles. The molecular formula is C16H16F5N3. The topological polar surface area (TPSA) is 31.9 Å². The second kappa shape index (κ2) is 5.84. The summed E-state index contributed by atoms with van der Waals surface area (Å²) < 4.78 is 64.1. The van der Waals surface area contributed by atoms with Gasteiger partial charge in [0.15, 0.2) is 0 Å². The predicted octanol–water partition coefficient (Wildman–Crippen LogP) is 4.10. The Hall–Kier alpha value is -1.96. The Balaban J connectivity index is 1.86. The van der Waals surface area contributed by atoms with E-state index in [0.717, 1.165) is 21.4 Å². The monoisotopic (exact) mass is 345 g/mol. The molecule has 8 heteroatoms. The van der Waals surface area contributed by atoms with E-state index in [0.29, 0.717) is 5.65 Å². The minimum atomic E-state index is -5.54. The van der Waals surface area contributed by atoms with E-state index >= 15 is 0 Å². The van der Waals surface area contributed by atoms with E-state index in [1.807, 2.05) is 12.1 Å². The zero-order chi connectivity index (χ0) is 17.5. The van der Waals surface area contributed by atoms with Gasteiger partial charge in [0.2, 0.25) is 0 Å². The summed E-state index contributed by atoms with van der Waals surface area (Å²) in [5.74, 6) is -4.85. The van der Waals surface area contributed by atoms with Gasteiger partial charge in [-0.05, 0) is 23.6 Å². The van der Waals surface area contributed by atoms with Crippen molar-refractivity contribution in [2.24, 2.45) is 5.92 Å². The summed E-state index contributed by atoms with van der Waals surface area (Å²) in [4.78, 5) is 8.31. The summed E-state index contributed by atoms with van der Waals surface area (Å²) in [5, 5.41) is 0.820. The number of aromatic amines is 1. The van der Waals surface area contributed by atoms with Crippen LogP contribution in [0.4, 0.5) is 22.0 Å². The highest BCUT2D eigenvalue weighted by atomic mass is 19.4. The third-order valence-electron chi connectivity index (χ3n) is 4.06. The summed E-state index contributed by atoms with van der Waals surface area (Å²) in [6, 6.07) is 3.59. The van der Waals surface area contributed by atoms with Crippen molar-refractivity contribution in [3.05, 3.63) is 36.2 Å². The summed E-state index contributed by atoms with van der Waals surface area (Å²) in [5.41, 5.74) is 2.16. The van der Waals surface area contributed by atoms with Gasteiger partial charge in [-0.15, -0.1) is 0 Å². The van der Waals surface area contributed by atoms with Crippen molar-refractivity contribution in [3.8, 4) is 0 Å². The fourth-order valence-electron chi connectivity index (χ4n) is 3.05. The minimum Gasteiger partial charge on any atom is -0.346 e. The Labute approximate surface area is 135 Å². The fraction of sp³-hybridized carbons (Fsp3) is 0.438. The molecule has 0 amide bonds. The Morgan fingerprint density at radius 3 is 2.75 bits per heavy atom. The number of nitrogens with one attached hydrogen (secondary N) is 1. The zero-order valence-corrected chi connectivity index (χ0v) is 12.9. The molecule has 0 saturated carbocycles. The van der Waals surface area contributed by atoms with Crippen LogP contribution in [0.15, 0.2) is 30.6 Å². The quantitative estimate of drug-likeness (QED) is 0.850. The van der Waals surface area contributed by atoms with Gasteiger partial charge >= 0.3 is 12.1 Å². The normalized spacial score (nSPS) is 20.4. The van der Waals surface area contributed by atoms with Crippen molar-refractivity contribution in [1.29, 1.82) is 0 Å². The van der Waals surface area contributed by atoms with Gasteiger partial charge in [0.05, 0.1) is 6.54 Å². The van der Waals surface area contributed by atoms with E-state index < -0.39 is 18.6 Å². The Kier molecular flexibility index (Phi) is 4.11. The molecule has 1 aliphatic rings. The average Bonchev–Trinajstić information content (AvgIpc) is 2.88. The van der Waals surface area contributed by atoms with Crippen LogP contribution >= 0.6 is 0 Å². The fourth-order valence-corrected chi connectivity index (χ4v) is 3.05. The van der Waals surface area contributed by atoms with Crippen LogP contribution in [-0.4, -0.2) is 46.6 Å². The molecule has 2 aromatic heterocycles. The molecule has 3 rings (SSSR count). The molecule has 0 aromatic carbocycles. The van der Waals surface area contributed by atoms with Crippen molar-refractivity contribution in [2.75, 3.05) is 19.6 Å². The van der Waals surface area contributed by atoms with E-state index in [1.54, 1.807) is 25.4 Å². The van der Waals surface area contributed by atoms with Gasteiger partial charge in [0, 0.05) is 36.4 Å². The number of rotatable bonds is 3. The molecule has 0 unspecified atom stereocenters. The molecule has 24 heavy (non-hydrogen) atoms. The average molecular weight is 345 g/mol. The summed E-state index contributed by atoms with van der Waals surface area (Å²) in [6.45, 7) is 0.664. The van der Waals surface area contributed by atoms with Crippen molar-refractivity contribution in [1.82, 2.24) is 14.9 Å². The lowest BCUT2D eigenvalue weighted by Crippen LogP contribution is -2.49. The maximum Gasteiger partial charge on any atom is 0.454 e. The molecule has 3 heterocycles. The molecule has 0 aliphatic carbocycles. The minimum absolute atomic E-state index is 0.0395. The molecule has 3 nitrogen and oxygen atoms in total. The van der Waals surface area contributed by atoms with E-state index in [1.165, 1.54) is 0 Å². The maximum absolute atomic E-state index is 13.4. The van der Waals surface area contributed by atoms with Crippen molar-refractivity contribution < 1.29 is 22.0 Å². The number of hydrogen-bond donors (Lipinski definition) is 1. The highest BCUT2D eigenvalue weighted by molar-refractivity contribution is 5.91. The van der Waals surface area contributed by atoms with Crippen molar-refractivity contribution in [2.45, 2.75) is 19.0 Å². The number of alkyl halides is 5. The maximum atomic E-state index is 13.4. The van der Waals surface area contributed by atoms with Crippen LogP contribution < -0.4 is 0 Å². The summed E-state index contributed by atoms with van der Waals surface area (Å²) in [6.07, 6.45) is -0.293. The third-order valence-corrected chi connectivity index (χ3v) is 4.06. The zero-order valence-electron chi connectivity index (χ0n) is 12.9. The van der Waals surface area contributed by atoms with E-state index in [4.69, 9.17) is 0 Å². The van der Waals surface area contributed by atoms with Crippen LogP contribution in [0.25, 0.3) is 16.6 Å². The number of hydrogen-bond acceptors (Lipinski definition) is 2. The summed E-state index contributed by atoms with van der Waals surface area (Å²) in [7, 11) is 0. The molecule has 130 valence electrons. The van der Waals surface area contributed by atoms with Gasteiger partial charge < -0.3 is 4.98 Å². The molecule has 0 spiro atoms. The molecule has 0 fully saturated rings. The molecule has 1 aliphatic heterocycles. The second-order valence-corrected chi connectivity index (χ2v) is 6.14. The van der Waals surface area contributed by atoms with Crippen LogP contribution in [-0.2, 0) is 0 Å². The Morgan fingerprint density at radius 2 is 2.04 bits per heavy atom. The standard InChI is InChI=1S/C16H16F5N3/c1-10-5-11(13-6-23-14-12(13)3-2-4-22-14)8-24(7-10)9-15(17,18)16(19,20)21/h2-6,10H,7-9H2,1H3,(H,22,23)/t10-/m1/s1. The number of nitrogens with zero attached hydrogens (tertiary/aromatic N) is 2. The van der Waals surface area contributed by atoms with Crippen molar-refractivity contribution in [3.63, 3.8) is 0 Å². The van der Waals surface area contributed by atoms with Gasteiger partial charge in [-0.1, -0.05) is 13.0 Å². The van der Waals surface area contributed by atoms with E-state index in [9.17, 15) is 22.0 Å². The molecule has 1 N–H and O–H groups in total. The first-order valence-corrected chi connectivity index (χ1v) is 7.47. The summed E-state index contributed by atoms with van der Waals surface area (Å²) >= 11 is 0. The van der Waals surface area contributed by atoms with Gasteiger partial charge in [-0.2, -0.15) is 22.0 Å². The molecule has 0 bridgehead atoms. The molecule has 0 radical (unpaired) electrons. The number of pyridine rings is 1.